The van der Waals surface area contributed by atoms with Crippen molar-refractivity contribution in [3.05, 3.63) is 59.7 Å². The molecule has 2 aromatic carbocycles. The number of esters is 1. The van der Waals surface area contributed by atoms with E-state index in [9.17, 15) is 14.4 Å². The molecule has 0 bridgehead atoms. The van der Waals surface area contributed by atoms with Gasteiger partial charge in [-0.3, -0.25) is 9.59 Å². The third kappa shape index (κ3) is 7.77. The molecular weight excluding hydrogens is 396 g/mol. The first-order valence-electron chi connectivity index (χ1n) is 10.2. The van der Waals surface area contributed by atoms with Crippen LogP contribution in [-0.4, -0.2) is 37.0 Å². The summed E-state index contributed by atoms with van der Waals surface area (Å²) < 4.78 is 10.3. The lowest BCUT2D eigenvalue weighted by Gasteiger charge is -2.24. The predicted octanol–water partition coefficient (Wildman–Crippen LogP) is 3.73. The second-order valence-electron chi connectivity index (χ2n) is 7.80. The standard InChI is InChI=1S/C24H30N2O5/c1-5-24(2,3)26-22(28)16-31-23(29)19-8-6-7-9-20(19)25-21(27)15-12-17-10-13-18(30-4)14-11-17/h6-11,13-14H,5,12,15-16H2,1-4H3,(H,25,27)(H,26,28). The molecule has 0 atom stereocenters. The zero-order valence-electron chi connectivity index (χ0n) is 18.5. The van der Waals surface area contributed by atoms with Gasteiger partial charge in [0.2, 0.25) is 5.91 Å². The van der Waals surface area contributed by atoms with Gasteiger partial charge in [-0.15, -0.1) is 0 Å². The van der Waals surface area contributed by atoms with Gasteiger partial charge in [0, 0.05) is 12.0 Å². The number of carbonyl (C=O) groups excluding carboxylic acids is 3. The summed E-state index contributed by atoms with van der Waals surface area (Å²) in [6, 6.07) is 14.1. The highest BCUT2D eigenvalue weighted by Gasteiger charge is 2.20. The van der Waals surface area contributed by atoms with Crippen LogP contribution in [0.5, 0.6) is 5.75 Å². The zero-order valence-corrected chi connectivity index (χ0v) is 18.5. The van der Waals surface area contributed by atoms with Crippen molar-refractivity contribution in [2.24, 2.45) is 0 Å². The molecule has 0 heterocycles. The molecule has 0 aliphatic carbocycles. The lowest BCUT2D eigenvalue weighted by Crippen LogP contribution is -2.44. The SMILES string of the molecule is CCC(C)(C)NC(=O)COC(=O)c1ccccc1NC(=O)CCc1ccc(OC)cc1. The maximum Gasteiger partial charge on any atom is 0.340 e. The van der Waals surface area contributed by atoms with Crippen LogP contribution in [0.2, 0.25) is 0 Å². The van der Waals surface area contributed by atoms with Crippen molar-refractivity contribution in [1.29, 1.82) is 0 Å². The van der Waals surface area contributed by atoms with Gasteiger partial charge in [0.25, 0.3) is 5.91 Å². The predicted molar refractivity (Wildman–Crippen MR) is 119 cm³/mol. The highest BCUT2D eigenvalue weighted by atomic mass is 16.5. The van der Waals surface area contributed by atoms with Crippen molar-refractivity contribution in [3.8, 4) is 5.75 Å². The molecule has 2 rings (SSSR count). The summed E-state index contributed by atoms with van der Waals surface area (Å²) in [5.41, 5.74) is 1.17. The molecule has 2 N–H and O–H groups in total. The maximum atomic E-state index is 12.5. The number of methoxy groups -OCH3 is 1. The van der Waals surface area contributed by atoms with E-state index in [0.29, 0.717) is 12.1 Å². The Morgan fingerprint density at radius 2 is 1.65 bits per heavy atom. The fraction of sp³-hybridized carbons (Fsp3) is 0.375. The minimum Gasteiger partial charge on any atom is -0.497 e. The van der Waals surface area contributed by atoms with Gasteiger partial charge in [0.15, 0.2) is 6.61 Å². The number of nitrogens with one attached hydrogen (secondary N) is 2. The fourth-order valence-corrected chi connectivity index (χ4v) is 2.74. The van der Waals surface area contributed by atoms with Crippen LogP contribution < -0.4 is 15.4 Å². The van der Waals surface area contributed by atoms with Gasteiger partial charge in [-0.25, -0.2) is 4.79 Å². The molecule has 0 aliphatic rings. The minimum absolute atomic E-state index is 0.197. The average Bonchev–Trinajstić information content (AvgIpc) is 2.76. The van der Waals surface area contributed by atoms with E-state index in [1.807, 2.05) is 45.0 Å². The van der Waals surface area contributed by atoms with Crippen molar-refractivity contribution in [2.75, 3.05) is 19.0 Å². The van der Waals surface area contributed by atoms with Crippen molar-refractivity contribution >= 4 is 23.5 Å². The Morgan fingerprint density at radius 1 is 0.968 bits per heavy atom. The normalized spacial score (nSPS) is 10.8. The number of hydrogen-bond donors (Lipinski definition) is 2. The van der Waals surface area contributed by atoms with Gasteiger partial charge in [-0.05, 0) is 56.5 Å². The number of amides is 2. The third-order valence-electron chi connectivity index (χ3n) is 4.92. The quantitative estimate of drug-likeness (QED) is 0.565. The number of benzene rings is 2. The Labute approximate surface area is 183 Å². The largest absolute Gasteiger partial charge is 0.497 e. The molecule has 0 fully saturated rings. The molecular formula is C24H30N2O5. The number of aryl methyl sites for hydroxylation is 1. The van der Waals surface area contributed by atoms with Crippen LogP contribution >= 0.6 is 0 Å². The Bertz CT molecular complexity index is 906. The van der Waals surface area contributed by atoms with E-state index in [-0.39, 0.29) is 35.9 Å². The number of ether oxygens (including phenoxy) is 2. The molecule has 0 aliphatic heterocycles. The Morgan fingerprint density at radius 3 is 2.29 bits per heavy atom. The first kappa shape index (κ1) is 23.9. The highest BCUT2D eigenvalue weighted by molar-refractivity contribution is 6.01. The average molecular weight is 427 g/mol. The molecule has 166 valence electrons. The molecule has 31 heavy (non-hydrogen) atoms. The molecule has 0 saturated heterocycles. The lowest BCUT2D eigenvalue weighted by atomic mass is 10.0. The van der Waals surface area contributed by atoms with Gasteiger partial charge in [0.05, 0.1) is 18.4 Å². The number of anilines is 1. The fourth-order valence-electron chi connectivity index (χ4n) is 2.74. The monoisotopic (exact) mass is 426 g/mol. The van der Waals surface area contributed by atoms with E-state index >= 15 is 0 Å². The number of para-hydroxylation sites is 1. The summed E-state index contributed by atoms with van der Waals surface area (Å²) in [6.45, 7) is 5.36. The molecule has 0 aromatic heterocycles. The molecule has 2 amide bonds. The minimum atomic E-state index is -0.671. The van der Waals surface area contributed by atoms with Crippen molar-refractivity contribution in [3.63, 3.8) is 0 Å². The number of hydrogen-bond acceptors (Lipinski definition) is 5. The molecule has 0 radical (unpaired) electrons. The molecule has 2 aromatic rings. The van der Waals surface area contributed by atoms with Crippen molar-refractivity contribution in [1.82, 2.24) is 5.32 Å². The number of rotatable bonds is 10. The smallest absolute Gasteiger partial charge is 0.340 e. The Hall–Kier alpha value is -3.35. The summed E-state index contributed by atoms with van der Waals surface area (Å²) >= 11 is 0. The Kier molecular flexibility index (Phi) is 8.61. The van der Waals surface area contributed by atoms with E-state index in [0.717, 1.165) is 17.7 Å². The van der Waals surface area contributed by atoms with Crippen LogP contribution in [0.4, 0.5) is 5.69 Å². The van der Waals surface area contributed by atoms with Crippen molar-refractivity contribution < 1.29 is 23.9 Å². The molecule has 0 unspecified atom stereocenters. The molecule has 0 spiro atoms. The second-order valence-corrected chi connectivity index (χ2v) is 7.80. The van der Waals surface area contributed by atoms with Crippen LogP contribution in [-0.2, 0) is 20.7 Å². The third-order valence-corrected chi connectivity index (χ3v) is 4.92. The van der Waals surface area contributed by atoms with Gasteiger partial charge in [-0.2, -0.15) is 0 Å². The van der Waals surface area contributed by atoms with Crippen LogP contribution in [0, 0.1) is 0 Å². The summed E-state index contributed by atoms with van der Waals surface area (Å²) in [5.74, 6) is -0.511. The molecule has 7 nitrogen and oxygen atoms in total. The van der Waals surface area contributed by atoms with Crippen LogP contribution in [0.1, 0.15) is 49.5 Å². The van der Waals surface area contributed by atoms with E-state index in [2.05, 4.69) is 10.6 Å². The first-order chi connectivity index (χ1) is 14.7. The summed E-state index contributed by atoms with van der Waals surface area (Å²) in [5, 5.41) is 5.56. The van der Waals surface area contributed by atoms with E-state index in [4.69, 9.17) is 9.47 Å². The molecule has 7 heteroatoms. The van der Waals surface area contributed by atoms with Gasteiger partial charge in [0.1, 0.15) is 5.75 Å². The summed E-state index contributed by atoms with van der Waals surface area (Å²) in [7, 11) is 1.60. The maximum absolute atomic E-state index is 12.5. The second kappa shape index (κ2) is 11.2. The Balaban J connectivity index is 1.92. The van der Waals surface area contributed by atoms with Crippen LogP contribution in [0.25, 0.3) is 0 Å². The summed E-state index contributed by atoms with van der Waals surface area (Å²) in [4.78, 5) is 36.9. The van der Waals surface area contributed by atoms with E-state index in [1.165, 1.54) is 0 Å². The highest BCUT2D eigenvalue weighted by Crippen LogP contribution is 2.18. The number of carbonyl (C=O) groups is 3. The van der Waals surface area contributed by atoms with Gasteiger partial charge >= 0.3 is 5.97 Å². The van der Waals surface area contributed by atoms with Gasteiger partial charge < -0.3 is 20.1 Å². The topological polar surface area (TPSA) is 93.7 Å². The van der Waals surface area contributed by atoms with E-state index in [1.54, 1.807) is 31.4 Å². The molecule has 0 saturated carbocycles. The zero-order chi connectivity index (χ0) is 22.9. The van der Waals surface area contributed by atoms with Crippen LogP contribution in [0.3, 0.4) is 0 Å². The van der Waals surface area contributed by atoms with E-state index < -0.39 is 5.97 Å². The first-order valence-corrected chi connectivity index (χ1v) is 10.2. The lowest BCUT2D eigenvalue weighted by molar-refractivity contribution is -0.125. The van der Waals surface area contributed by atoms with Gasteiger partial charge in [-0.1, -0.05) is 31.2 Å². The van der Waals surface area contributed by atoms with Crippen LogP contribution in [0.15, 0.2) is 48.5 Å². The summed E-state index contributed by atoms with van der Waals surface area (Å²) in [6.07, 6.45) is 1.55. The van der Waals surface area contributed by atoms with Crippen molar-refractivity contribution in [2.45, 2.75) is 45.6 Å².